The third kappa shape index (κ3) is 3.37. The number of ether oxygens (including phenoxy) is 1. The lowest BCUT2D eigenvalue weighted by Crippen LogP contribution is -2.15. The summed E-state index contributed by atoms with van der Waals surface area (Å²) in [6.45, 7) is 0. The molecule has 2 aromatic rings. The van der Waals surface area contributed by atoms with Crippen LogP contribution in [0.2, 0.25) is 5.02 Å². The Hall–Kier alpha value is -1.99. The smallest absolute Gasteiger partial charge is 0.264 e. The van der Waals surface area contributed by atoms with Gasteiger partial charge in [-0.15, -0.1) is 0 Å². The summed E-state index contributed by atoms with van der Waals surface area (Å²) in [6.07, 6.45) is 0. The lowest BCUT2D eigenvalue weighted by molar-refractivity contribution is 0.414. The fourth-order valence-corrected chi connectivity index (χ4v) is 3.01. The van der Waals surface area contributed by atoms with E-state index in [0.29, 0.717) is 5.75 Å². The Morgan fingerprint density at radius 1 is 1.24 bits per heavy atom. The molecule has 0 unspecified atom stereocenters. The van der Waals surface area contributed by atoms with Crippen LogP contribution < -0.4 is 15.2 Å². The molecule has 0 aliphatic carbocycles. The molecule has 3 N–H and O–H groups in total. The number of hydrogen-bond acceptors (Lipinski definition) is 4. The van der Waals surface area contributed by atoms with Crippen LogP contribution >= 0.6 is 11.6 Å². The maximum atomic E-state index is 13.7. The number of hydrogen-bond donors (Lipinski definition) is 2. The van der Waals surface area contributed by atoms with E-state index in [1.54, 1.807) is 0 Å². The largest absolute Gasteiger partial charge is 0.497 e. The van der Waals surface area contributed by atoms with Gasteiger partial charge >= 0.3 is 0 Å². The second-order valence-electron chi connectivity index (χ2n) is 4.13. The number of halogens is 2. The minimum Gasteiger partial charge on any atom is -0.497 e. The van der Waals surface area contributed by atoms with Gasteiger partial charge in [-0.25, -0.2) is 12.8 Å². The van der Waals surface area contributed by atoms with Crippen LogP contribution in [0.1, 0.15) is 0 Å². The first kappa shape index (κ1) is 15.4. The minimum atomic E-state index is -4.02. The highest BCUT2D eigenvalue weighted by molar-refractivity contribution is 7.92. The van der Waals surface area contributed by atoms with E-state index >= 15 is 0 Å². The zero-order valence-corrected chi connectivity index (χ0v) is 12.5. The van der Waals surface area contributed by atoms with Crippen molar-refractivity contribution in [1.29, 1.82) is 0 Å². The van der Waals surface area contributed by atoms with Gasteiger partial charge in [0.15, 0.2) is 0 Å². The van der Waals surface area contributed by atoms with Crippen LogP contribution in [-0.2, 0) is 10.0 Å². The first-order valence-corrected chi connectivity index (χ1v) is 7.61. The third-order valence-corrected chi connectivity index (χ3v) is 4.36. The fourth-order valence-electron chi connectivity index (χ4n) is 1.67. The van der Waals surface area contributed by atoms with Crippen molar-refractivity contribution in [3.63, 3.8) is 0 Å². The van der Waals surface area contributed by atoms with Gasteiger partial charge in [-0.05, 0) is 30.3 Å². The molecule has 5 nitrogen and oxygen atoms in total. The van der Waals surface area contributed by atoms with Crippen LogP contribution in [0.5, 0.6) is 5.75 Å². The topological polar surface area (TPSA) is 81.4 Å². The van der Waals surface area contributed by atoms with Crippen LogP contribution in [0, 0.1) is 5.82 Å². The summed E-state index contributed by atoms with van der Waals surface area (Å²) < 4.78 is 45.2. The van der Waals surface area contributed by atoms with Gasteiger partial charge in [0.05, 0.1) is 18.5 Å². The van der Waals surface area contributed by atoms with Crippen LogP contribution in [0.15, 0.2) is 41.3 Å². The van der Waals surface area contributed by atoms with E-state index in [2.05, 4.69) is 4.72 Å². The van der Waals surface area contributed by atoms with Gasteiger partial charge in [0.2, 0.25) is 0 Å². The van der Waals surface area contributed by atoms with Crippen LogP contribution in [-0.4, -0.2) is 15.5 Å². The Labute approximate surface area is 126 Å². The Kier molecular flexibility index (Phi) is 4.24. The Bertz CT molecular complexity index is 781. The van der Waals surface area contributed by atoms with E-state index in [-0.39, 0.29) is 21.3 Å². The summed E-state index contributed by atoms with van der Waals surface area (Å²) >= 11 is 5.61. The third-order valence-electron chi connectivity index (χ3n) is 2.68. The first-order valence-electron chi connectivity index (χ1n) is 5.75. The number of nitrogen functional groups attached to an aromatic ring is 1. The lowest BCUT2D eigenvalue weighted by atomic mass is 10.3. The summed E-state index contributed by atoms with van der Waals surface area (Å²) in [5, 5.41) is 0.166. The molecule has 21 heavy (non-hydrogen) atoms. The van der Waals surface area contributed by atoms with Gasteiger partial charge < -0.3 is 10.5 Å². The van der Waals surface area contributed by atoms with Crippen LogP contribution in [0.4, 0.5) is 15.8 Å². The number of rotatable bonds is 4. The summed E-state index contributed by atoms with van der Waals surface area (Å²) in [5.41, 5.74) is 5.47. The van der Waals surface area contributed by atoms with Gasteiger partial charge in [0.25, 0.3) is 10.0 Å². The van der Waals surface area contributed by atoms with Crippen molar-refractivity contribution in [2.24, 2.45) is 0 Å². The maximum Gasteiger partial charge on any atom is 0.264 e. The molecular formula is C13H12ClFN2O3S. The van der Waals surface area contributed by atoms with E-state index in [4.69, 9.17) is 22.1 Å². The Balaban J connectivity index is 2.38. The molecule has 0 radical (unpaired) electrons. The highest BCUT2D eigenvalue weighted by atomic mass is 35.5. The monoisotopic (exact) mass is 330 g/mol. The van der Waals surface area contributed by atoms with Crippen molar-refractivity contribution in [3.05, 3.63) is 47.2 Å². The van der Waals surface area contributed by atoms with E-state index in [9.17, 15) is 12.8 Å². The molecule has 0 saturated heterocycles. The summed E-state index contributed by atoms with van der Waals surface area (Å²) in [6, 6.07) is 7.71. The molecule has 0 spiro atoms. The highest BCUT2D eigenvalue weighted by Crippen LogP contribution is 2.27. The predicted molar refractivity (Wildman–Crippen MR) is 79.6 cm³/mol. The number of sulfonamides is 1. The van der Waals surface area contributed by atoms with Crippen molar-refractivity contribution in [3.8, 4) is 5.75 Å². The summed E-state index contributed by atoms with van der Waals surface area (Å²) in [4.78, 5) is -0.169. The van der Waals surface area contributed by atoms with Crippen molar-refractivity contribution < 1.29 is 17.5 Å². The van der Waals surface area contributed by atoms with Crippen molar-refractivity contribution in [2.75, 3.05) is 17.6 Å². The average molecular weight is 331 g/mol. The summed E-state index contributed by atoms with van der Waals surface area (Å²) in [7, 11) is -2.58. The molecule has 0 heterocycles. The minimum absolute atomic E-state index is 0.00350. The molecular weight excluding hydrogens is 319 g/mol. The first-order chi connectivity index (χ1) is 9.83. The molecule has 2 rings (SSSR count). The lowest BCUT2D eigenvalue weighted by Gasteiger charge is -2.11. The van der Waals surface area contributed by atoms with Gasteiger partial charge in [-0.2, -0.15) is 0 Å². The number of benzene rings is 2. The van der Waals surface area contributed by atoms with E-state index < -0.39 is 15.8 Å². The highest BCUT2D eigenvalue weighted by Gasteiger charge is 2.19. The maximum absolute atomic E-state index is 13.7. The van der Waals surface area contributed by atoms with E-state index in [0.717, 1.165) is 6.07 Å². The van der Waals surface area contributed by atoms with Gasteiger partial charge in [0, 0.05) is 11.1 Å². The quantitative estimate of drug-likeness (QED) is 0.845. The van der Waals surface area contributed by atoms with Crippen molar-refractivity contribution in [2.45, 2.75) is 4.90 Å². The van der Waals surface area contributed by atoms with Gasteiger partial charge in [-0.1, -0.05) is 11.6 Å². The Morgan fingerprint density at radius 3 is 2.52 bits per heavy atom. The van der Waals surface area contributed by atoms with Gasteiger partial charge in [-0.3, -0.25) is 4.72 Å². The zero-order valence-electron chi connectivity index (χ0n) is 10.9. The van der Waals surface area contributed by atoms with Gasteiger partial charge in [0.1, 0.15) is 16.5 Å². The number of methoxy groups -OCH3 is 1. The molecule has 0 aromatic heterocycles. The van der Waals surface area contributed by atoms with Crippen LogP contribution in [0.3, 0.4) is 0 Å². The van der Waals surface area contributed by atoms with Crippen molar-refractivity contribution >= 4 is 33.0 Å². The SMILES string of the molecule is COc1ccc(S(=O)(=O)Nc2ccc(Cl)cc2F)c(N)c1. The Morgan fingerprint density at radius 2 is 1.95 bits per heavy atom. The average Bonchev–Trinajstić information content (AvgIpc) is 2.41. The second kappa shape index (κ2) is 5.79. The van der Waals surface area contributed by atoms with E-state index in [1.807, 2.05) is 0 Å². The fraction of sp³-hybridized carbons (Fsp3) is 0.0769. The molecule has 0 aliphatic heterocycles. The molecule has 8 heteroatoms. The summed E-state index contributed by atoms with van der Waals surface area (Å²) in [5.74, 6) is -0.359. The molecule has 0 fully saturated rings. The molecule has 0 aliphatic rings. The molecule has 0 saturated carbocycles. The molecule has 2 aromatic carbocycles. The normalized spacial score (nSPS) is 11.2. The molecule has 112 valence electrons. The zero-order chi connectivity index (χ0) is 15.6. The standard InChI is InChI=1S/C13H12ClFN2O3S/c1-20-9-3-5-13(11(16)7-9)21(18,19)17-12-4-2-8(14)6-10(12)15/h2-7,17H,16H2,1H3. The second-order valence-corrected chi connectivity index (χ2v) is 6.22. The number of anilines is 2. The predicted octanol–water partition coefficient (Wildman–Crippen LogP) is 2.87. The van der Waals surface area contributed by atoms with E-state index in [1.165, 1.54) is 37.4 Å². The molecule has 0 amide bonds. The van der Waals surface area contributed by atoms with Crippen LogP contribution in [0.25, 0.3) is 0 Å². The number of nitrogens with two attached hydrogens (primary N) is 1. The number of nitrogens with one attached hydrogen (secondary N) is 1. The molecule has 0 atom stereocenters. The molecule has 0 bridgehead atoms. The van der Waals surface area contributed by atoms with Crippen molar-refractivity contribution in [1.82, 2.24) is 0 Å².